The highest BCUT2D eigenvalue weighted by Gasteiger charge is 2.30. The number of hydrogen-bond acceptors (Lipinski definition) is 19. The lowest BCUT2D eigenvalue weighted by atomic mass is 10.1. The van der Waals surface area contributed by atoms with Gasteiger partial charge in [0, 0.05) is 82.7 Å². The van der Waals surface area contributed by atoms with Crippen molar-refractivity contribution in [3.63, 3.8) is 0 Å². The van der Waals surface area contributed by atoms with Crippen molar-refractivity contribution in [2.45, 2.75) is 187 Å². The second-order valence-electron chi connectivity index (χ2n) is 18.2. The molecule has 5 aliphatic rings. The van der Waals surface area contributed by atoms with Gasteiger partial charge >= 0.3 is 12.2 Å². The number of carbonyl (C=O) groups excluding carboxylic acids is 4. The molecule has 5 aliphatic heterocycles. The van der Waals surface area contributed by atoms with Crippen LogP contribution in [0, 0.1) is 22.7 Å². The predicted molar refractivity (Wildman–Crippen MR) is 298 cm³/mol. The van der Waals surface area contributed by atoms with Gasteiger partial charge in [-0.2, -0.15) is 10.5 Å². The molecule has 77 heavy (non-hydrogen) atoms. The number of amides is 4. The zero-order chi connectivity index (χ0) is 58.1. The Kier molecular flexibility index (Phi) is 51.6. The number of nitrogens with two attached hydrogens (primary N) is 1. The average molecular weight is 1140 g/mol. The molecule has 5 fully saturated rings. The Balaban J connectivity index is 0. The number of aliphatic hydroxyl groups excluding tert-OH is 5. The molecule has 0 aromatic rings. The van der Waals surface area contributed by atoms with Crippen molar-refractivity contribution in [1.29, 1.82) is 10.5 Å². The van der Waals surface area contributed by atoms with Crippen molar-refractivity contribution in [3.8, 4) is 12.1 Å². The number of nitrogens with zero attached hydrogens (tertiary/aromatic N) is 6. The van der Waals surface area contributed by atoms with Crippen LogP contribution in [0.3, 0.4) is 0 Å². The molecule has 4 amide bonds. The molecule has 0 spiro atoms. The number of rotatable bonds is 23. The van der Waals surface area contributed by atoms with E-state index < -0.39 is 23.5 Å². The molecule has 0 radical (unpaired) electrons. The molecular formula is C52H102N8O15P2. The fourth-order valence-corrected chi connectivity index (χ4v) is 10.2. The molecule has 0 aromatic carbocycles. The molecule has 0 saturated carbocycles. The third-order valence-corrected chi connectivity index (χ3v) is 15.0. The van der Waals surface area contributed by atoms with E-state index in [4.69, 9.17) is 64.6 Å². The molecule has 8 N–H and O–H groups in total. The summed E-state index contributed by atoms with van der Waals surface area (Å²) < 4.78 is 30.9. The molecule has 0 aliphatic carbocycles. The van der Waals surface area contributed by atoms with Crippen molar-refractivity contribution in [3.05, 3.63) is 0 Å². The van der Waals surface area contributed by atoms with Crippen molar-refractivity contribution in [2.24, 2.45) is 5.73 Å². The van der Waals surface area contributed by atoms with E-state index in [0.29, 0.717) is 69.8 Å². The largest absolute Gasteiger partial charge is 0.422 e. The number of hydrogen-bond donors (Lipinski definition) is 7. The molecular weight excluding hydrogens is 1040 g/mol. The van der Waals surface area contributed by atoms with Gasteiger partial charge in [-0.3, -0.25) is 14.1 Å². The third kappa shape index (κ3) is 36.7. The van der Waals surface area contributed by atoms with Crippen molar-refractivity contribution in [1.82, 2.24) is 24.9 Å². The van der Waals surface area contributed by atoms with Crippen molar-refractivity contribution >= 4 is 40.8 Å². The number of aliphatic hydroxyl groups is 5. The molecule has 23 nitrogen and oxygen atoms in total. The molecule has 0 aromatic heterocycles. The molecule has 5 saturated heterocycles. The van der Waals surface area contributed by atoms with E-state index in [2.05, 4.69) is 44.7 Å². The van der Waals surface area contributed by atoms with E-state index in [0.717, 1.165) is 109 Å². The maximum absolute atomic E-state index is 12.0. The molecule has 0 bridgehead atoms. The maximum atomic E-state index is 12.0. The third-order valence-electron chi connectivity index (χ3n) is 12.9. The summed E-state index contributed by atoms with van der Waals surface area (Å²) in [6.45, 7) is 19.5. The van der Waals surface area contributed by atoms with Crippen LogP contribution in [-0.2, 0) is 37.2 Å². The van der Waals surface area contributed by atoms with Gasteiger partial charge in [0.2, 0.25) is 11.8 Å². The minimum absolute atomic E-state index is 0.0221. The highest BCUT2D eigenvalue weighted by Crippen LogP contribution is 2.34. The Morgan fingerprint density at radius 1 is 0.545 bits per heavy atom. The second-order valence-corrected chi connectivity index (χ2v) is 20.9. The standard InChI is InChI=1S/C13H23N2O3P.C12H21N2O4P.C9H17NO2.C8H15NO3.C6H13N.C2H7NO.C2H6O2/c1-3-12-6-4-9-15(12)13(16)7-11-18-19(2)17-10-5-8-14;1-3-11-6-4-8-14(11)12(15)16-10-18-19(2)17-9-5-7-13;1-2-8-4-3-6-10(8)9(12)5-7-11;1-2-7-4-3-5-9(7)8(11)12-6-10;1-2-6-4-3-5-7-6;2*3-1-2-4/h12H,3-7,9-11H2,1-2H3;11H,3-6,8-10H2,1-2H3;8,11H,2-7H2,1H3;7,10H,2-6H2,1H3;6-7H,2-5H2,1H3;4H,1-3H2;3-4H,1-2H2. The first-order valence-electron chi connectivity index (χ1n) is 27.9. The van der Waals surface area contributed by atoms with Gasteiger partial charge in [0.05, 0.1) is 77.6 Å². The highest BCUT2D eigenvalue weighted by molar-refractivity contribution is 7.46. The molecule has 450 valence electrons. The van der Waals surface area contributed by atoms with E-state index in [1.54, 1.807) is 16.5 Å². The quantitative estimate of drug-likeness (QED) is 0.0336. The zero-order valence-electron chi connectivity index (χ0n) is 47.9. The van der Waals surface area contributed by atoms with Crippen LogP contribution < -0.4 is 11.1 Å². The number of likely N-dealkylation sites (tertiary alicyclic amines) is 4. The lowest BCUT2D eigenvalue weighted by Gasteiger charge is -2.23. The highest BCUT2D eigenvalue weighted by atomic mass is 31.2. The number of carbonyl (C=O) groups is 4. The fourth-order valence-electron chi connectivity index (χ4n) is 8.81. The second kappa shape index (κ2) is 52.3. The summed E-state index contributed by atoms with van der Waals surface area (Å²) in [7, 11) is -2.07. The minimum Gasteiger partial charge on any atom is -0.422 e. The molecule has 5 heterocycles. The Morgan fingerprint density at radius 3 is 1.30 bits per heavy atom. The number of nitrogens with one attached hydrogen (secondary N) is 1. The normalized spacial score (nSPS) is 20.7. The summed E-state index contributed by atoms with van der Waals surface area (Å²) in [5.41, 5.74) is 4.78. The topological polar surface area (TPSA) is 323 Å². The van der Waals surface area contributed by atoms with Gasteiger partial charge in [-0.1, -0.05) is 34.6 Å². The Morgan fingerprint density at radius 2 is 0.948 bits per heavy atom. The van der Waals surface area contributed by atoms with E-state index in [1.165, 1.54) is 25.8 Å². The summed E-state index contributed by atoms with van der Waals surface area (Å²) in [5.74, 6) is 0.298. The lowest BCUT2D eigenvalue weighted by Crippen LogP contribution is -2.35. The summed E-state index contributed by atoms with van der Waals surface area (Å²) in [5, 5.41) is 60.1. The smallest absolute Gasteiger partial charge is 0.412 e. The number of nitriles is 2. The molecule has 25 heteroatoms. The molecule has 7 unspecified atom stereocenters. The summed E-state index contributed by atoms with van der Waals surface area (Å²) in [6, 6.07) is 6.30. The van der Waals surface area contributed by atoms with Gasteiger partial charge in [-0.05, 0) is 103 Å². The monoisotopic (exact) mass is 1140 g/mol. The minimum atomic E-state index is -1.10. The van der Waals surface area contributed by atoms with Gasteiger partial charge < -0.3 is 79.2 Å². The zero-order valence-corrected chi connectivity index (χ0v) is 49.7. The first-order chi connectivity index (χ1) is 37.2. The maximum Gasteiger partial charge on any atom is 0.412 e. The average Bonchev–Trinajstić information content (AvgIpc) is 4.32. The Labute approximate surface area is 464 Å². The van der Waals surface area contributed by atoms with Crippen LogP contribution in [0.2, 0.25) is 0 Å². The van der Waals surface area contributed by atoms with E-state index in [-0.39, 0.29) is 63.6 Å². The Hall–Kier alpha value is -3.12. The molecule has 5 rings (SSSR count). The van der Waals surface area contributed by atoms with Crippen molar-refractivity contribution < 1.29 is 72.3 Å². The van der Waals surface area contributed by atoms with Crippen LogP contribution in [-0.4, -0.2) is 212 Å². The van der Waals surface area contributed by atoms with Gasteiger partial charge in [0.25, 0.3) is 0 Å². The van der Waals surface area contributed by atoms with Crippen LogP contribution in [0.5, 0.6) is 0 Å². The van der Waals surface area contributed by atoms with E-state index in [9.17, 15) is 19.2 Å². The van der Waals surface area contributed by atoms with E-state index >= 15 is 0 Å². The molecule has 7 atom stereocenters. The summed E-state index contributed by atoms with van der Waals surface area (Å²) >= 11 is 0. The van der Waals surface area contributed by atoms with Gasteiger partial charge in [0.1, 0.15) is 0 Å². The predicted octanol–water partition coefficient (Wildman–Crippen LogP) is 6.28. The van der Waals surface area contributed by atoms with Gasteiger partial charge in [-0.15, -0.1) is 0 Å². The number of ether oxygens (including phenoxy) is 2. The fraction of sp³-hybridized carbons (Fsp3) is 0.885. The first kappa shape index (κ1) is 75.9. The first-order valence-corrected chi connectivity index (χ1v) is 31.1. The van der Waals surface area contributed by atoms with Crippen LogP contribution >= 0.6 is 16.8 Å². The lowest BCUT2D eigenvalue weighted by molar-refractivity contribution is -0.133. The summed E-state index contributed by atoms with van der Waals surface area (Å²) in [4.78, 5) is 53.7. The van der Waals surface area contributed by atoms with E-state index in [1.807, 2.05) is 28.6 Å². The van der Waals surface area contributed by atoms with Crippen LogP contribution in [0.1, 0.15) is 157 Å². The van der Waals surface area contributed by atoms with Crippen LogP contribution in [0.4, 0.5) is 9.59 Å². The van der Waals surface area contributed by atoms with Gasteiger partial charge in [0.15, 0.2) is 30.3 Å². The summed E-state index contributed by atoms with van der Waals surface area (Å²) in [6.07, 6.45) is 17.5. The van der Waals surface area contributed by atoms with Crippen LogP contribution in [0.15, 0.2) is 0 Å². The van der Waals surface area contributed by atoms with Gasteiger partial charge in [-0.25, -0.2) is 9.59 Å². The Bertz CT molecular complexity index is 1450. The van der Waals surface area contributed by atoms with Crippen molar-refractivity contribution in [2.75, 3.05) is 112 Å². The van der Waals surface area contributed by atoms with Crippen LogP contribution in [0.25, 0.3) is 0 Å². The SMILES string of the molecule is CCC1CCCN1.CCC1CCCN1C(=O)CCO.CCC1CCCN1C(=O)CCOP(C)OCCC#N.CCC1CCCN1C(=O)OCO.CCC1CCCN1C(=O)OCOP(C)OCCC#N.NCCO.OCCO.